The van der Waals surface area contributed by atoms with E-state index in [9.17, 15) is 8.42 Å². The van der Waals surface area contributed by atoms with Crippen molar-refractivity contribution in [2.24, 2.45) is 11.8 Å². The molecular weight excluding hydrogens is 264 g/mol. The maximum atomic E-state index is 11.5. The van der Waals surface area contributed by atoms with Crippen LogP contribution in [0.3, 0.4) is 0 Å². The first-order chi connectivity index (χ1) is 9.04. The number of nitrogens with two attached hydrogens (primary N) is 1. The van der Waals surface area contributed by atoms with Crippen molar-refractivity contribution in [1.82, 2.24) is 5.43 Å². The summed E-state index contributed by atoms with van der Waals surface area (Å²) in [7, 11) is -1.22. The smallest absolute Gasteiger partial charge is 0.150 e. The quantitative estimate of drug-likeness (QED) is 0.623. The van der Waals surface area contributed by atoms with E-state index in [0.717, 1.165) is 24.2 Å². The van der Waals surface area contributed by atoms with Gasteiger partial charge in [-0.05, 0) is 36.5 Å². The van der Waals surface area contributed by atoms with E-state index in [-0.39, 0.29) is 17.7 Å². The molecule has 1 saturated heterocycles. The molecule has 1 fully saturated rings. The monoisotopic (exact) mass is 284 g/mol. The average molecular weight is 284 g/mol. The Balaban J connectivity index is 2.07. The van der Waals surface area contributed by atoms with E-state index in [1.165, 1.54) is 0 Å². The maximum absolute atomic E-state index is 11.5. The molecule has 2 unspecified atom stereocenters. The number of benzene rings is 1. The van der Waals surface area contributed by atoms with Gasteiger partial charge in [-0.3, -0.25) is 11.3 Å². The highest BCUT2D eigenvalue weighted by molar-refractivity contribution is 7.91. The first-order valence-electron chi connectivity index (χ1n) is 6.34. The molecule has 3 N–H and O–H groups in total. The zero-order chi connectivity index (χ0) is 13.9. The van der Waals surface area contributed by atoms with Crippen molar-refractivity contribution in [1.29, 1.82) is 0 Å². The van der Waals surface area contributed by atoms with Gasteiger partial charge in [-0.15, -0.1) is 0 Å². The largest absolute Gasteiger partial charge is 0.497 e. The number of hydrogen-bond acceptors (Lipinski definition) is 5. The molecule has 2 rings (SSSR count). The molecule has 2 atom stereocenters. The van der Waals surface area contributed by atoms with Crippen molar-refractivity contribution in [2.75, 3.05) is 18.6 Å². The van der Waals surface area contributed by atoms with E-state index in [1.54, 1.807) is 7.11 Å². The van der Waals surface area contributed by atoms with E-state index in [2.05, 4.69) is 5.43 Å². The number of hydrogen-bond donors (Lipinski definition) is 2. The molecule has 1 aromatic carbocycles. The van der Waals surface area contributed by atoms with E-state index in [4.69, 9.17) is 10.6 Å². The highest BCUT2D eigenvalue weighted by Crippen LogP contribution is 2.29. The molecular formula is C13H20N2O3S. The van der Waals surface area contributed by atoms with Crippen molar-refractivity contribution >= 4 is 9.84 Å². The van der Waals surface area contributed by atoms with Gasteiger partial charge in [-0.1, -0.05) is 12.1 Å². The zero-order valence-electron chi connectivity index (χ0n) is 11.0. The van der Waals surface area contributed by atoms with Gasteiger partial charge in [0.05, 0.1) is 18.6 Å². The van der Waals surface area contributed by atoms with Gasteiger partial charge in [0.2, 0.25) is 0 Å². The van der Waals surface area contributed by atoms with Gasteiger partial charge in [-0.2, -0.15) is 0 Å². The lowest BCUT2D eigenvalue weighted by Gasteiger charge is -2.20. The molecule has 1 aliphatic heterocycles. The molecule has 1 aliphatic rings. The van der Waals surface area contributed by atoms with E-state index in [0.29, 0.717) is 5.75 Å². The van der Waals surface area contributed by atoms with Crippen molar-refractivity contribution in [3.05, 3.63) is 29.8 Å². The van der Waals surface area contributed by atoms with Crippen LogP contribution < -0.4 is 16.0 Å². The van der Waals surface area contributed by atoms with Crippen LogP contribution in [0.1, 0.15) is 24.4 Å². The van der Waals surface area contributed by atoms with Gasteiger partial charge < -0.3 is 4.74 Å². The Kier molecular flexibility index (Phi) is 4.44. The second-order valence-electron chi connectivity index (χ2n) is 5.00. The SMILES string of the molecule is COc1cccc(C(CC2CCS(=O)(=O)C2)NN)c1. The molecule has 1 heterocycles. The summed E-state index contributed by atoms with van der Waals surface area (Å²) in [6, 6.07) is 7.62. The molecule has 19 heavy (non-hydrogen) atoms. The van der Waals surface area contributed by atoms with Gasteiger partial charge in [0.15, 0.2) is 9.84 Å². The Morgan fingerprint density at radius 2 is 2.32 bits per heavy atom. The van der Waals surface area contributed by atoms with Crippen LogP contribution in [0, 0.1) is 5.92 Å². The summed E-state index contributed by atoms with van der Waals surface area (Å²) in [5, 5.41) is 0. The Morgan fingerprint density at radius 3 is 2.89 bits per heavy atom. The fourth-order valence-electron chi connectivity index (χ4n) is 2.55. The van der Waals surface area contributed by atoms with E-state index >= 15 is 0 Å². The van der Waals surface area contributed by atoms with E-state index in [1.807, 2.05) is 24.3 Å². The normalized spacial score (nSPS) is 23.2. The van der Waals surface area contributed by atoms with Crippen molar-refractivity contribution in [3.63, 3.8) is 0 Å². The molecule has 6 heteroatoms. The molecule has 0 saturated carbocycles. The molecule has 0 radical (unpaired) electrons. The minimum Gasteiger partial charge on any atom is -0.497 e. The topological polar surface area (TPSA) is 81.4 Å². The molecule has 0 spiro atoms. The van der Waals surface area contributed by atoms with Crippen LogP contribution in [0.2, 0.25) is 0 Å². The number of nitrogens with one attached hydrogen (secondary N) is 1. The van der Waals surface area contributed by atoms with Gasteiger partial charge in [-0.25, -0.2) is 8.42 Å². The van der Waals surface area contributed by atoms with E-state index < -0.39 is 9.84 Å². The Bertz CT molecular complexity index is 530. The van der Waals surface area contributed by atoms with Crippen LogP contribution in [0.4, 0.5) is 0 Å². The Morgan fingerprint density at radius 1 is 1.53 bits per heavy atom. The van der Waals surface area contributed by atoms with Crippen molar-refractivity contribution < 1.29 is 13.2 Å². The molecule has 5 nitrogen and oxygen atoms in total. The number of methoxy groups -OCH3 is 1. The standard InChI is InChI=1S/C13H20N2O3S/c1-18-12-4-2-3-11(8-12)13(15-14)7-10-5-6-19(16,17)9-10/h2-4,8,10,13,15H,5-7,9,14H2,1H3. The minimum atomic E-state index is -2.84. The average Bonchev–Trinajstić information content (AvgIpc) is 2.75. The fraction of sp³-hybridized carbons (Fsp3) is 0.538. The van der Waals surface area contributed by atoms with Crippen LogP contribution >= 0.6 is 0 Å². The number of rotatable bonds is 5. The lowest BCUT2D eigenvalue weighted by Crippen LogP contribution is -2.30. The zero-order valence-corrected chi connectivity index (χ0v) is 11.8. The maximum Gasteiger partial charge on any atom is 0.150 e. The molecule has 0 aromatic heterocycles. The fourth-order valence-corrected chi connectivity index (χ4v) is 4.43. The third kappa shape index (κ3) is 3.68. The Hall–Kier alpha value is -1.11. The molecule has 0 amide bonds. The molecule has 0 aliphatic carbocycles. The third-order valence-corrected chi connectivity index (χ3v) is 5.43. The molecule has 106 valence electrons. The van der Waals surface area contributed by atoms with Crippen LogP contribution in [0.25, 0.3) is 0 Å². The summed E-state index contributed by atoms with van der Waals surface area (Å²) in [6.07, 6.45) is 1.45. The second kappa shape index (κ2) is 5.90. The van der Waals surface area contributed by atoms with Crippen LogP contribution in [0.5, 0.6) is 5.75 Å². The summed E-state index contributed by atoms with van der Waals surface area (Å²) in [5.41, 5.74) is 3.79. The first-order valence-corrected chi connectivity index (χ1v) is 8.16. The van der Waals surface area contributed by atoms with Gasteiger partial charge >= 0.3 is 0 Å². The summed E-state index contributed by atoms with van der Waals surface area (Å²) in [4.78, 5) is 0. The van der Waals surface area contributed by atoms with Gasteiger partial charge in [0.25, 0.3) is 0 Å². The molecule has 1 aromatic rings. The van der Waals surface area contributed by atoms with Crippen LogP contribution in [-0.2, 0) is 9.84 Å². The number of sulfone groups is 1. The lowest BCUT2D eigenvalue weighted by molar-refractivity contribution is 0.404. The highest BCUT2D eigenvalue weighted by Gasteiger charge is 2.30. The third-order valence-electron chi connectivity index (χ3n) is 3.59. The highest BCUT2D eigenvalue weighted by atomic mass is 32.2. The van der Waals surface area contributed by atoms with Crippen LogP contribution in [-0.4, -0.2) is 27.0 Å². The summed E-state index contributed by atoms with van der Waals surface area (Å²) in [5.74, 6) is 7.13. The predicted molar refractivity (Wildman–Crippen MR) is 74.4 cm³/mol. The van der Waals surface area contributed by atoms with Crippen molar-refractivity contribution in [3.8, 4) is 5.75 Å². The first kappa shape index (κ1) is 14.3. The summed E-state index contributed by atoms with van der Waals surface area (Å²) < 4.78 is 28.1. The second-order valence-corrected chi connectivity index (χ2v) is 7.23. The predicted octanol–water partition coefficient (Wildman–Crippen LogP) is 1.02. The number of hydrazine groups is 1. The van der Waals surface area contributed by atoms with Gasteiger partial charge in [0.1, 0.15) is 5.75 Å². The summed E-state index contributed by atoms with van der Waals surface area (Å²) >= 11 is 0. The van der Waals surface area contributed by atoms with Crippen molar-refractivity contribution in [2.45, 2.75) is 18.9 Å². The van der Waals surface area contributed by atoms with Gasteiger partial charge in [0, 0.05) is 6.04 Å². The number of ether oxygens (including phenoxy) is 1. The van der Waals surface area contributed by atoms with Crippen LogP contribution in [0.15, 0.2) is 24.3 Å². The molecule has 0 bridgehead atoms. The lowest BCUT2D eigenvalue weighted by atomic mass is 9.94. The minimum absolute atomic E-state index is 0.0478. The summed E-state index contributed by atoms with van der Waals surface area (Å²) in [6.45, 7) is 0. The Labute approximate surface area is 114 Å².